The van der Waals surface area contributed by atoms with E-state index in [-0.39, 0.29) is 11.9 Å². The summed E-state index contributed by atoms with van der Waals surface area (Å²) in [6, 6.07) is 0.651. The summed E-state index contributed by atoms with van der Waals surface area (Å²) >= 11 is 0. The predicted molar refractivity (Wildman–Crippen MR) is 61.4 cm³/mol. The van der Waals surface area contributed by atoms with Crippen molar-refractivity contribution in [1.82, 2.24) is 0 Å². The molecule has 0 unspecified atom stereocenters. The number of amides is 1. The van der Waals surface area contributed by atoms with Gasteiger partial charge in [-0.15, -0.1) is 0 Å². The van der Waals surface area contributed by atoms with E-state index < -0.39 is 0 Å². The normalized spacial score (nSPS) is 46.9. The van der Waals surface area contributed by atoms with Crippen LogP contribution in [0.1, 0.15) is 39.0 Å². The fourth-order valence-electron chi connectivity index (χ4n) is 4.71. The van der Waals surface area contributed by atoms with Crippen molar-refractivity contribution in [1.29, 1.82) is 0 Å². The van der Waals surface area contributed by atoms with Crippen molar-refractivity contribution in [3.63, 3.8) is 0 Å². The van der Waals surface area contributed by atoms with Gasteiger partial charge in [0.25, 0.3) is 5.91 Å². The zero-order valence-electron chi connectivity index (χ0n) is 10.1. The molecule has 4 bridgehead atoms. The number of hydrogen-bond donors (Lipinski definition) is 2. The Balaban J connectivity index is 1.70. The second kappa shape index (κ2) is 3.73. The molecule has 90 valence electrons. The number of primary amides is 1. The molecular formula is C13H23N2O+. The van der Waals surface area contributed by atoms with Crippen LogP contribution in [0.25, 0.3) is 0 Å². The fraction of sp³-hybridized carbons (Fsp3) is 0.923. The molecule has 0 radical (unpaired) electrons. The summed E-state index contributed by atoms with van der Waals surface area (Å²) in [6.07, 6.45) is 7.16. The van der Waals surface area contributed by atoms with Crippen molar-refractivity contribution < 1.29 is 10.1 Å². The van der Waals surface area contributed by atoms with E-state index in [4.69, 9.17) is 5.73 Å². The second-order valence-electron chi connectivity index (χ2n) is 6.39. The minimum absolute atomic E-state index is 0.0393. The molecule has 4 rings (SSSR count). The van der Waals surface area contributed by atoms with E-state index in [1.54, 1.807) is 0 Å². The number of rotatable bonds is 3. The lowest BCUT2D eigenvalue weighted by molar-refractivity contribution is -0.725. The van der Waals surface area contributed by atoms with Gasteiger partial charge in [0.05, 0.1) is 6.04 Å². The van der Waals surface area contributed by atoms with Gasteiger partial charge in [-0.25, -0.2) is 0 Å². The van der Waals surface area contributed by atoms with Crippen molar-refractivity contribution in [3.05, 3.63) is 0 Å². The standard InChI is InChI=1S/C13H22N2O/c1-7(13(14)16)15-12-10-3-8-2-9(5-10)6-11(12)4-8/h7-12,15H,2-6H2,1H3,(H2,14,16)/p+1/t7-,8?,9?,10?,11?,12?/m0/s1. The quantitative estimate of drug-likeness (QED) is 0.708. The van der Waals surface area contributed by atoms with Gasteiger partial charge in [0, 0.05) is 11.8 Å². The highest BCUT2D eigenvalue weighted by Gasteiger charge is 2.50. The highest BCUT2D eigenvalue weighted by atomic mass is 16.1. The fourth-order valence-corrected chi connectivity index (χ4v) is 4.71. The van der Waals surface area contributed by atoms with E-state index in [9.17, 15) is 4.79 Å². The van der Waals surface area contributed by atoms with Crippen LogP contribution in [0.2, 0.25) is 0 Å². The molecule has 0 aromatic carbocycles. The Labute approximate surface area is 97.2 Å². The lowest BCUT2D eigenvalue weighted by atomic mass is 9.54. The maximum atomic E-state index is 11.2. The number of carbonyl (C=O) groups is 1. The van der Waals surface area contributed by atoms with E-state index in [0.717, 1.165) is 23.7 Å². The van der Waals surface area contributed by atoms with Gasteiger partial charge >= 0.3 is 0 Å². The van der Waals surface area contributed by atoms with Gasteiger partial charge in [0.2, 0.25) is 0 Å². The molecule has 4 fully saturated rings. The second-order valence-corrected chi connectivity index (χ2v) is 6.39. The molecule has 0 aromatic rings. The van der Waals surface area contributed by atoms with Gasteiger partial charge < -0.3 is 11.1 Å². The molecule has 0 aromatic heterocycles. The highest BCUT2D eigenvalue weighted by Crippen LogP contribution is 2.52. The molecule has 4 aliphatic rings. The average molecular weight is 223 g/mol. The van der Waals surface area contributed by atoms with Crippen molar-refractivity contribution in [3.8, 4) is 0 Å². The van der Waals surface area contributed by atoms with Gasteiger partial charge in [-0.05, 0) is 50.9 Å². The first-order valence-electron chi connectivity index (χ1n) is 6.77. The number of hydrogen-bond acceptors (Lipinski definition) is 1. The van der Waals surface area contributed by atoms with Gasteiger partial charge in [-0.1, -0.05) is 0 Å². The Bertz CT molecular complexity index is 274. The minimum atomic E-state index is -0.159. The van der Waals surface area contributed by atoms with Crippen molar-refractivity contribution >= 4 is 5.91 Å². The zero-order valence-corrected chi connectivity index (χ0v) is 10.1. The first-order chi connectivity index (χ1) is 7.63. The Hall–Kier alpha value is -0.570. The summed E-state index contributed by atoms with van der Waals surface area (Å²) in [4.78, 5) is 11.2. The molecule has 3 nitrogen and oxygen atoms in total. The summed E-state index contributed by atoms with van der Waals surface area (Å²) in [7, 11) is 0. The number of nitrogens with two attached hydrogens (primary N) is 2. The van der Waals surface area contributed by atoms with E-state index in [1.807, 2.05) is 6.92 Å². The van der Waals surface area contributed by atoms with Crippen LogP contribution in [0.15, 0.2) is 0 Å². The maximum absolute atomic E-state index is 11.2. The van der Waals surface area contributed by atoms with E-state index in [2.05, 4.69) is 5.32 Å². The Morgan fingerprint density at radius 1 is 1.12 bits per heavy atom. The number of quaternary nitrogens is 1. The molecule has 3 heteroatoms. The van der Waals surface area contributed by atoms with Crippen molar-refractivity contribution in [2.75, 3.05) is 0 Å². The highest BCUT2D eigenvalue weighted by molar-refractivity contribution is 5.77. The van der Waals surface area contributed by atoms with Crippen LogP contribution < -0.4 is 11.1 Å². The third-order valence-electron chi connectivity index (χ3n) is 5.26. The van der Waals surface area contributed by atoms with Crippen molar-refractivity contribution in [2.45, 2.75) is 51.1 Å². The molecule has 4 saturated carbocycles. The summed E-state index contributed by atoms with van der Waals surface area (Å²) in [5.74, 6) is 3.61. The molecule has 1 amide bonds. The third kappa shape index (κ3) is 1.65. The van der Waals surface area contributed by atoms with Crippen LogP contribution in [0.3, 0.4) is 0 Å². The van der Waals surface area contributed by atoms with Crippen LogP contribution >= 0.6 is 0 Å². The van der Waals surface area contributed by atoms with Gasteiger partial charge in [-0.3, -0.25) is 4.79 Å². The lowest BCUT2D eigenvalue weighted by Gasteiger charge is -2.53. The minimum Gasteiger partial charge on any atom is -0.365 e. The Morgan fingerprint density at radius 2 is 1.62 bits per heavy atom. The SMILES string of the molecule is C[C@H]([NH2+]C1C2CC3CC(C2)CC1C3)C(N)=O. The molecule has 4 N–H and O–H groups in total. The van der Waals surface area contributed by atoms with Crippen LogP contribution in [-0.4, -0.2) is 18.0 Å². The molecule has 0 aliphatic heterocycles. The molecule has 16 heavy (non-hydrogen) atoms. The van der Waals surface area contributed by atoms with Crippen molar-refractivity contribution in [2.24, 2.45) is 29.4 Å². The first kappa shape index (κ1) is 10.6. The zero-order chi connectivity index (χ0) is 11.3. The average Bonchev–Trinajstić information content (AvgIpc) is 2.21. The largest absolute Gasteiger partial charge is 0.365 e. The molecule has 1 atom stereocenters. The summed E-state index contributed by atoms with van der Waals surface area (Å²) in [5.41, 5.74) is 5.37. The Kier molecular flexibility index (Phi) is 2.46. The number of carbonyl (C=O) groups excluding carboxylic acids is 1. The van der Waals surface area contributed by atoms with Crippen LogP contribution in [-0.2, 0) is 4.79 Å². The van der Waals surface area contributed by atoms with E-state index in [0.29, 0.717) is 6.04 Å². The maximum Gasteiger partial charge on any atom is 0.275 e. The monoisotopic (exact) mass is 223 g/mol. The van der Waals surface area contributed by atoms with E-state index >= 15 is 0 Å². The molecule has 0 saturated heterocycles. The molecule has 0 spiro atoms. The van der Waals surface area contributed by atoms with E-state index in [1.165, 1.54) is 32.1 Å². The third-order valence-corrected chi connectivity index (χ3v) is 5.26. The van der Waals surface area contributed by atoms with Gasteiger partial charge in [0.15, 0.2) is 6.04 Å². The van der Waals surface area contributed by atoms with Crippen LogP contribution in [0, 0.1) is 23.7 Å². The molecular weight excluding hydrogens is 200 g/mol. The predicted octanol–water partition coefficient (Wildman–Crippen LogP) is 0.248. The van der Waals surface area contributed by atoms with Gasteiger partial charge in [0.1, 0.15) is 0 Å². The topological polar surface area (TPSA) is 59.7 Å². The summed E-state index contributed by atoms with van der Waals surface area (Å²) in [6.45, 7) is 1.95. The lowest BCUT2D eigenvalue weighted by Crippen LogP contribution is -2.99. The van der Waals surface area contributed by atoms with Crippen LogP contribution in [0.4, 0.5) is 0 Å². The Morgan fingerprint density at radius 3 is 2.06 bits per heavy atom. The summed E-state index contributed by atoms with van der Waals surface area (Å²) < 4.78 is 0. The van der Waals surface area contributed by atoms with Gasteiger partial charge in [-0.2, -0.15) is 0 Å². The first-order valence-corrected chi connectivity index (χ1v) is 6.77. The molecule has 4 aliphatic carbocycles. The smallest absolute Gasteiger partial charge is 0.275 e. The van der Waals surface area contributed by atoms with Crippen LogP contribution in [0.5, 0.6) is 0 Å². The summed E-state index contributed by atoms with van der Waals surface area (Å²) in [5, 5.41) is 2.27. The molecule has 0 heterocycles.